The van der Waals surface area contributed by atoms with Crippen LogP contribution >= 0.6 is 0 Å². The average molecular weight is 214 g/mol. The van der Waals surface area contributed by atoms with Gasteiger partial charge < -0.3 is 4.74 Å². The molecule has 0 fully saturated rings. The van der Waals surface area contributed by atoms with E-state index in [-0.39, 0.29) is 11.8 Å². The van der Waals surface area contributed by atoms with Crippen LogP contribution in [0, 0.1) is 11.3 Å². The van der Waals surface area contributed by atoms with E-state index in [2.05, 4.69) is 20.4 Å². The molecule has 0 aromatic rings. The van der Waals surface area contributed by atoms with Crippen molar-refractivity contribution in [1.29, 1.82) is 5.41 Å². The van der Waals surface area contributed by atoms with Crippen molar-refractivity contribution in [2.24, 2.45) is 21.3 Å². The summed E-state index contributed by atoms with van der Waals surface area (Å²) in [7, 11) is 1.52. The van der Waals surface area contributed by atoms with Crippen molar-refractivity contribution in [3.63, 3.8) is 0 Å². The maximum absolute atomic E-state index is 8.07. The number of aliphatic imine (C=N–C) groups is 1. The van der Waals surface area contributed by atoms with Gasteiger partial charge in [0.15, 0.2) is 11.7 Å². The lowest BCUT2D eigenvalue weighted by atomic mass is 9.87. The third kappa shape index (κ3) is 2.30. The Morgan fingerprint density at radius 1 is 1.67 bits per heavy atom. The van der Waals surface area contributed by atoms with Crippen LogP contribution in [0.3, 0.4) is 0 Å². The second-order valence-corrected chi connectivity index (χ2v) is 3.65. The molecule has 1 aliphatic heterocycles. The summed E-state index contributed by atoms with van der Waals surface area (Å²) in [6.07, 6.45) is 0.533. The summed E-state index contributed by atoms with van der Waals surface area (Å²) in [5, 5.41) is 22.5. The highest BCUT2D eigenvalue weighted by atomic mass is 17.2. The fourth-order valence-corrected chi connectivity index (χ4v) is 1.56. The molecule has 2 unspecified atom stereocenters. The highest BCUT2D eigenvalue weighted by Gasteiger charge is 2.38. The number of nitrogens with zero attached hydrogens (tertiary/aromatic N) is 3. The first-order chi connectivity index (χ1) is 7.03. The molecule has 0 radical (unpaired) electrons. The van der Waals surface area contributed by atoms with Crippen LogP contribution < -0.4 is 0 Å². The largest absolute Gasteiger partial charge is 0.484 e. The lowest BCUT2D eigenvalue weighted by Gasteiger charge is -2.30. The predicted molar refractivity (Wildman–Crippen MR) is 52.9 cm³/mol. The normalized spacial score (nSPS) is 31.6. The first kappa shape index (κ1) is 11.6. The molecule has 7 nitrogen and oxygen atoms in total. The van der Waals surface area contributed by atoms with Gasteiger partial charge in [-0.25, -0.2) is 4.99 Å². The van der Waals surface area contributed by atoms with Crippen LogP contribution in [-0.2, 0) is 9.73 Å². The molecule has 0 bridgehead atoms. The topological polar surface area (TPSA) is 99.6 Å². The minimum absolute atomic E-state index is 0.0400. The second-order valence-electron chi connectivity index (χ2n) is 3.65. The molecule has 1 heterocycles. The maximum atomic E-state index is 8.07. The van der Waals surface area contributed by atoms with Gasteiger partial charge >= 0.3 is 0 Å². The summed E-state index contributed by atoms with van der Waals surface area (Å²) in [6, 6.07) is 0. The highest BCUT2D eigenvalue weighted by molar-refractivity contribution is 6.01. The van der Waals surface area contributed by atoms with Crippen LogP contribution in [0.5, 0.6) is 0 Å². The lowest BCUT2D eigenvalue weighted by molar-refractivity contribution is -0.252. The predicted octanol–water partition coefficient (Wildman–Crippen LogP) is 1.66. The SMILES string of the molecule is COC1=NC(=N)C(C)(/N=N\OO)CC1C. The van der Waals surface area contributed by atoms with Gasteiger partial charge in [0, 0.05) is 5.92 Å². The summed E-state index contributed by atoms with van der Waals surface area (Å²) >= 11 is 0. The number of ether oxygens (including phenoxy) is 1. The minimum atomic E-state index is -0.871. The third-order valence-corrected chi connectivity index (χ3v) is 2.36. The van der Waals surface area contributed by atoms with E-state index in [4.69, 9.17) is 15.4 Å². The molecule has 0 saturated carbocycles. The van der Waals surface area contributed by atoms with E-state index in [1.165, 1.54) is 7.11 Å². The van der Waals surface area contributed by atoms with Gasteiger partial charge in [0.05, 0.1) is 12.4 Å². The number of nitrogens with one attached hydrogen (secondary N) is 1. The molecular formula is C8H14N4O3. The van der Waals surface area contributed by atoms with Crippen molar-refractivity contribution in [3.8, 4) is 0 Å². The van der Waals surface area contributed by atoms with Gasteiger partial charge in [0.2, 0.25) is 0 Å². The molecule has 0 spiro atoms. The van der Waals surface area contributed by atoms with Gasteiger partial charge in [-0.1, -0.05) is 6.92 Å². The van der Waals surface area contributed by atoms with Crippen LogP contribution in [0.4, 0.5) is 0 Å². The number of rotatable bonds is 2. The number of hydrogen-bond acceptors (Lipinski definition) is 6. The highest BCUT2D eigenvalue weighted by Crippen LogP contribution is 2.29. The van der Waals surface area contributed by atoms with E-state index in [1.54, 1.807) is 6.92 Å². The molecule has 0 amide bonds. The molecule has 0 aromatic carbocycles. The molecular weight excluding hydrogens is 200 g/mol. The summed E-state index contributed by atoms with van der Waals surface area (Å²) < 4.78 is 5.03. The van der Waals surface area contributed by atoms with Crippen molar-refractivity contribution < 1.29 is 15.0 Å². The standard InChI is InChI=1S/C8H14N4O3/c1-5-4-8(2,11-12-15-13)7(9)10-6(5)14-3/h5,9,13H,4H2,1-3H3/b9-7?,12-11-. The van der Waals surface area contributed by atoms with Gasteiger partial charge in [-0.2, -0.15) is 10.2 Å². The van der Waals surface area contributed by atoms with Crippen LogP contribution in [-0.4, -0.2) is 29.6 Å². The van der Waals surface area contributed by atoms with Gasteiger partial charge in [0.25, 0.3) is 0 Å². The molecule has 2 atom stereocenters. The van der Waals surface area contributed by atoms with Gasteiger partial charge in [-0.05, 0) is 13.3 Å². The Hall–Kier alpha value is -1.50. The average Bonchev–Trinajstić information content (AvgIpc) is 2.20. The molecule has 2 N–H and O–H groups in total. The molecule has 0 aromatic heterocycles. The number of methoxy groups -OCH3 is 1. The molecule has 7 heteroatoms. The van der Waals surface area contributed by atoms with Crippen LogP contribution in [0.15, 0.2) is 15.4 Å². The first-order valence-corrected chi connectivity index (χ1v) is 4.48. The Kier molecular flexibility index (Phi) is 3.35. The Bertz CT molecular complexity index is 315. The fraction of sp³-hybridized carbons (Fsp3) is 0.750. The van der Waals surface area contributed by atoms with Gasteiger partial charge in [-0.3, -0.25) is 5.41 Å². The Morgan fingerprint density at radius 3 is 2.87 bits per heavy atom. The smallest absolute Gasteiger partial charge is 0.192 e. The molecule has 1 rings (SSSR count). The van der Waals surface area contributed by atoms with E-state index >= 15 is 0 Å². The Labute approximate surface area is 87.2 Å². The van der Waals surface area contributed by atoms with Crippen LogP contribution in [0.2, 0.25) is 0 Å². The Morgan fingerprint density at radius 2 is 2.33 bits per heavy atom. The molecule has 0 saturated heterocycles. The van der Waals surface area contributed by atoms with Gasteiger partial charge in [-0.15, -0.1) is 5.11 Å². The molecule has 84 valence electrons. The monoisotopic (exact) mass is 214 g/mol. The van der Waals surface area contributed by atoms with Crippen molar-refractivity contribution in [1.82, 2.24) is 0 Å². The van der Waals surface area contributed by atoms with Crippen LogP contribution in [0.1, 0.15) is 20.3 Å². The minimum Gasteiger partial charge on any atom is -0.484 e. The lowest BCUT2D eigenvalue weighted by Crippen LogP contribution is -2.40. The summed E-state index contributed by atoms with van der Waals surface area (Å²) in [5.41, 5.74) is -0.871. The van der Waals surface area contributed by atoms with E-state index in [1.807, 2.05) is 6.92 Å². The zero-order valence-corrected chi connectivity index (χ0v) is 8.89. The summed E-state index contributed by atoms with van der Waals surface area (Å²) in [4.78, 5) is 7.50. The van der Waals surface area contributed by atoms with Crippen molar-refractivity contribution in [2.75, 3.05) is 7.11 Å². The molecule has 15 heavy (non-hydrogen) atoms. The third-order valence-electron chi connectivity index (χ3n) is 2.36. The summed E-state index contributed by atoms with van der Waals surface area (Å²) in [6.45, 7) is 3.62. The van der Waals surface area contributed by atoms with E-state index in [0.29, 0.717) is 12.3 Å². The maximum Gasteiger partial charge on any atom is 0.192 e. The van der Waals surface area contributed by atoms with Crippen molar-refractivity contribution in [3.05, 3.63) is 0 Å². The van der Waals surface area contributed by atoms with Crippen molar-refractivity contribution >= 4 is 11.7 Å². The number of hydrogen-bond donors (Lipinski definition) is 2. The van der Waals surface area contributed by atoms with E-state index in [9.17, 15) is 0 Å². The fourth-order valence-electron chi connectivity index (χ4n) is 1.56. The van der Waals surface area contributed by atoms with Crippen molar-refractivity contribution in [2.45, 2.75) is 25.8 Å². The first-order valence-electron chi connectivity index (χ1n) is 4.48. The van der Waals surface area contributed by atoms with Gasteiger partial charge in [0.1, 0.15) is 5.54 Å². The Balaban J connectivity index is 2.93. The second kappa shape index (κ2) is 4.35. The molecule has 0 aliphatic carbocycles. The molecule has 1 aliphatic rings. The zero-order chi connectivity index (χ0) is 11.5. The number of amidine groups is 1. The van der Waals surface area contributed by atoms with Crippen LogP contribution in [0.25, 0.3) is 0 Å². The quantitative estimate of drug-likeness (QED) is 0.415. The van der Waals surface area contributed by atoms with E-state index < -0.39 is 5.54 Å². The van der Waals surface area contributed by atoms with E-state index in [0.717, 1.165) is 0 Å². The summed E-state index contributed by atoms with van der Waals surface area (Å²) in [5.74, 6) is 0.600. The zero-order valence-electron chi connectivity index (χ0n) is 8.89.